The predicted molar refractivity (Wildman–Crippen MR) is 74.0 cm³/mol. The van der Waals surface area contributed by atoms with Gasteiger partial charge >= 0.3 is 0 Å². The van der Waals surface area contributed by atoms with E-state index < -0.39 is 10.0 Å². The number of aromatic amines is 1. The highest BCUT2D eigenvalue weighted by Gasteiger charge is 2.31. The van der Waals surface area contributed by atoms with E-state index in [-0.39, 0.29) is 0 Å². The zero-order valence-electron chi connectivity index (χ0n) is 11.2. The first-order valence-corrected chi connectivity index (χ1v) is 8.24. The standard InChI is InChI=1S/C11H19ClN4O2S/c1-9-11(10(2)14-13-9)19(17,18)16-7-5-15(4-3-12)6-8-16/h3-8H2,1-2H3,(H,13,14). The lowest BCUT2D eigenvalue weighted by Gasteiger charge is -2.33. The zero-order valence-corrected chi connectivity index (χ0v) is 12.8. The van der Waals surface area contributed by atoms with Gasteiger partial charge in [-0.15, -0.1) is 11.6 Å². The summed E-state index contributed by atoms with van der Waals surface area (Å²) in [7, 11) is -3.44. The summed E-state index contributed by atoms with van der Waals surface area (Å²) in [6.07, 6.45) is 0. The number of nitrogens with one attached hydrogen (secondary N) is 1. The molecule has 1 aliphatic rings. The molecule has 1 fully saturated rings. The molecule has 1 aromatic rings. The molecule has 2 rings (SSSR count). The van der Waals surface area contributed by atoms with Gasteiger partial charge < -0.3 is 0 Å². The molecule has 0 spiro atoms. The van der Waals surface area contributed by atoms with Crippen molar-refractivity contribution in [3.8, 4) is 0 Å². The first kappa shape index (κ1) is 14.8. The molecule has 0 aliphatic carbocycles. The Morgan fingerprint density at radius 1 is 1.26 bits per heavy atom. The second-order valence-corrected chi connectivity index (χ2v) is 6.95. The Kier molecular flexibility index (Phi) is 4.50. The topological polar surface area (TPSA) is 69.3 Å². The fourth-order valence-corrected chi connectivity index (χ4v) is 4.36. The van der Waals surface area contributed by atoms with Crippen molar-refractivity contribution in [3.05, 3.63) is 11.4 Å². The molecule has 1 N–H and O–H groups in total. The maximum atomic E-state index is 12.6. The fraction of sp³-hybridized carbons (Fsp3) is 0.727. The Balaban J connectivity index is 2.15. The fourth-order valence-electron chi connectivity index (χ4n) is 2.36. The maximum Gasteiger partial charge on any atom is 0.246 e. The van der Waals surface area contributed by atoms with E-state index >= 15 is 0 Å². The number of alkyl halides is 1. The number of hydrogen-bond donors (Lipinski definition) is 1. The summed E-state index contributed by atoms with van der Waals surface area (Å²) in [4.78, 5) is 2.49. The minimum Gasteiger partial charge on any atom is -0.300 e. The normalized spacial score (nSPS) is 18.9. The maximum absolute atomic E-state index is 12.6. The van der Waals surface area contributed by atoms with Crippen LogP contribution >= 0.6 is 11.6 Å². The molecule has 0 unspecified atom stereocenters. The molecular formula is C11H19ClN4O2S. The second kappa shape index (κ2) is 5.78. The highest BCUT2D eigenvalue weighted by molar-refractivity contribution is 7.89. The molecule has 1 saturated heterocycles. The van der Waals surface area contributed by atoms with Crippen molar-refractivity contribution in [1.29, 1.82) is 0 Å². The van der Waals surface area contributed by atoms with Crippen molar-refractivity contribution in [2.45, 2.75) is 18.7 Å². The number of hydrogen-bond acceptors (Lipinski definition) is 4. The quantitative estimate of drug-likeness (QED) is 0.826. The molecule has 1 aliphatic heterocycles. The van der Waals surface area contributed by atoms with Crippen molar-refractivity contribution >= 4 is 21.6 Å². The lowest BCUT2D eigenvalue weighted by atomic mass is 10.4. The van der Waals surface area contributed by atoms with Crippen molar-refractivity contribution in [2.75, 3.05) is 38.6 Å². The van der Waals surface area contributed by atoms with Gasteiger partial charge in [-0.2, -0.15) is 9.40 Å². The summed E-state index contributed by atoms with van der Waals surface area (Å²) in [5.74, 6) is 0.576. The van der Waals surface area contributed by atoms with Crippen LogP contribution in [0.3, 0.4) is 0 Å². The molecule has 8 heteroatoms. The minimum absolute atomic E-state index is 0.318. The van der Waals surface area contributed by atoms with Crippen molar-refractivity contribution in [1.82, 2.24) is 19.4 Å². The molecule has 0 radical (unpaired) electrons. The van der Waals surface area contributed by atoms with Crippen LogP contribution in [0.5, 0.6) is 0 Å². The summed E-state index contributed by atoms with van der Waals surface area (Å²) in [6, 6.07) is 0. The Labute approximate surface area is 118 Å². The molecule has 0 saturated carbocycles. The average Bonchev–Trinajstić information content (AvgIpc) is 2.70. The molecular weight excluding hydrogens is 288 g/mol. The van der Waals surface area contributed by atoms with Gasteiger partial charge in [0.1, 0.15) is 4.90 Å². The molecule has 0 amide bonds. The molecule has 0 bridgehead atoms. The van der Waals surface area contributed by atoms with Crippen molar-refractivity contribution < 1.29 is 8.42 Å². The molecule has 108 valence electrons. The lowest BCUT2D eigenvalue weighted by molar-refractivity contribution is 0.197. The van der Waals surface area contributed by atoms with E-state index in [4.69, 9.17) is 11.6 Å². The third-order valence-corrected chi connectivity index (χ3v) is 5.72. The first-order valence-electron chi connectivity index (χ1n) is 6.27. The molecule has 0 aromatic carbocycles. The summed E-state index contributed by atoms with van der Waals surface area (Å²) in [5, 5.41) is 6.69. The van der Waals surface area contributed by atoms with Gasteiger partial charge in [-0.1, -0.05) is 0 Å². The molecule has 1 aromatic heterocycles. The Bertz CT molecular complexity index is 515. The largest absolute Gasteiger partial charge is 0.300 e. The van der Waals surface area contributed by atoms with E-state index in [9.17, 15) is 8.42 Å². The molecule has 2 heterocycles. The van der Waals surface area contributed by atoms with E-state index in [0.717, 1.165) is 19.6 Å². The SMILES string of the molecule is Cc1n[nH]c(C)c1S(=O)(=O)N1CCN(CCCl)CC1. The smallest absolute Gasteiger partial charge is 0.246 e. The van der Waals surface area contributed by atoms with Crippen LogP contribution in [0.25, 0.3) is 0 Å². The third kappa shape index (κ3) is 2.94. The number of halogens is 1. The van der Waals surface area contributed by atoms with Crippen LogP contribution in [0.15, 0.2) is 4.90 Å². The van der Waals surface area contributed by atoms with Gasteiger partial charge in [0.25, 0.3) is 0 Å². The molecule has 6 nitrogen and oxygen atoms in total. The Morgan fingerprint density at radius 3 is 2.37 bits per heavy atom. The van der Waals surface area contributed by atoms with E-state index in [1.807, 2.05) is 0 Å². The minimum atomic E-state index is -3.44. The Morgan fingerprint density at radius 2 is 1.89 bits per heavy atom. The van der Waals surface area contributed by atoms with E-state index in [2.05, 4.69) is 15.1 Å². The van der Waals surface area contributed by atoms with Gasteiger partial charge in [0.05, 0.1) is 11.4 Å². The van der Waals surface area contributed by atoms with E-state index in [1.165, 1.54) is 4.31 Å². The number of aromatic nitrogens is 2. The lowest BCUT2D eigenvalue weighted by Crippen LogP contribution is -2.49. The number of sulfonamides is 1. The van der Waals surface area contributed by atoms with Gasteiger partial charge in [0, 0.05) is 38.6 Å². The average molecular weight is 307 g/mol. The highest BCUT2D eigenvalue weighted by Crippen LogP contribution is 2.22. The number of piperazine rings is 1. The van der Waals surface area contributed by atoms with Crippen LogP contribution in [-0.4, -0.2) is 66.4 Å². The third-order valence-electron chi connectivity index (χ3n) is 3.39. The van der Waals surface area contributed by atoms with Gasteiger partial charge in [0.2, 0.25) is 10.0 Å². The second-order valence-electron chi connectivity index (χ2n) is 4.70. The number of aryl methyl sites for hydroxylation is 2. The predicted octanol–water partition coefficient (Wildman–Crippen LogP) is 0.572. The zero-order chi connectivity index (χ0) is 14.0. The van der Waals surface area contributed by atoms with E-state index in [1.54, 1.807) is 13.8 Å². The summed E-state index contributed by atoms with van der Waals surface area (Å²) in [6.45, 7) is 6.70. The van der Waals surface area contributed by atoms with Crippen LogP contribution in [0.1, 0.15) is 11.4 Å². The van der Waals surface area contributed by atoms with Crippen molar-refractivity contribution in [2.24, 2.45) is 0 Å². The van der Waals surface area contributed by atoms with Gasteiger partial charge in [-0.3, -0.25) is 10.00 Å². The van der Waals surface area contributed by atoms with E-state index in [0.29, 0.717) is 35.3 Å². The molecule has 19 heavy (non-hydrogen) atoms. The monoisotopic (exact) mass is 306 g/mol. The van der Waals surface area contributed by atoms with Crippen LogP contribution in [0.2, 0.25) is 0 Å². The number of H-pyrrole nitrogens is 1. The number of rotatable bonds is 4. The first-order chi connectivity index (χ1) is 8.96. The number of nitrogens with zero attached hydrogens (tertiary/aromatic N) is 3. The van der Waals surface area contributed by atoms with Crippen LogP contribution in [0, 0.1) is 13.8 Å². The van der Waals surface area contributed by atoms with Gasteiger partial charge in [-0.25, -0.2) is 8.42 Å². The van der Waals surface area contributed by atoms with Crippen LogP contribution in [0.4, 0.5) is 0 Å². The summed E-state index contributed by atoms with van der Waals surface area (Å²) in [5.41, 5.74) is 1.13. The van der Waals surface area contributed by atoms with Gasteiger partial charge in [0.15, 0.2) is 0 Å². The van der Waals surface area contributed by atoms with Gasteiger partial charge in [-0.05, 0) is 13.8 Å². The summed E-state index contributed by atoms with van der Waals surface area (Å²) < 4.78 is 26.7. The van der Waals surface area contributed by atoms with Crippen molar-refractivity contribution in [3.63, 3.8) is 0 Å². The summed E-state index contributed by atoms with van der Waals surface area (Å²) >= 11 is 5.70. The highest BCUT2D eigenvalue weighted by atomic mass is 35.5. The van der Waals surface area contributed by atoms with Crippen LogP contribution in [-0.2, 0) is 10.0 Å². The molecule has 0 atom stereocenters. The Hall–Kier alpha value is -0.630. The van der Waals surface area contributed by atoms with Crippen LogP contribution < -0.4 is 0 Å².